The van der Waals surface area contributed by atoms with Crippen LogP contribution in [0.1, 0.15) is 21.5 Å². The molecule has 0 bridgehead atoms. The Balaban J connectivity index is 1.62. The highest BCUT2D eigenvalue weighted by Crippen LogP contribution is 2.29. The Bertz CT molecular complexity index is 840. The number of rotatable bonds is 3. The summed E-state index contributed by atoms with van der Waals surface area (Å²) >= 11 is 0. The summed E-state index contributed by atoms with van der Waals surface area (Å²) in [5, 5.41) is 0. The van der Waals surface area contributed by atoms with Crippen molar-refractivity contribution in [2.45, 2.75) is 13.1 Å². The minimum absolute atomic E-state index is 0.127. The lowest BCUT2D eigenvalue weighted by molar-refractivity contribution is 0.0766. The molecule has 3 aromatic rings. The van der Waals surface area contributed by atoms with Crippen LogP contribution < -0.4 is 0 Å². The number of nitrogens with zero attached hydrogens (tertiary/aromatic N) is 1. The SMILES string of the molecule is O=C1c2cc(-c3ccccc3)ccc2CN1Cc1ccccc1. The molecule has 1 heterocycles. The van der Waals surface area contributed by atoms with Crippen molar-refractivity contribution in [1.29, 1.82) is 0 Å². The fraction of sp³-hybridized carbons (Fsp3) is 0.0952. The van der Waals surface area contributed by atoms with Gasteiger partial charge < -0.3 is 4.90 Å². The molecule has 0 atom stereocenters. The zero-order chi connectivity index (χ0) is 15.6. The van der Waals surface area contributed by atoms with E-state index in [1.54, 1.807) is 0 Å². The summed E-state index contributed by atoms with van der Waals surface area (Å²) in [5.41, 5.74) is 5.36. The van der Waals surface area contributed by atoms with E-state index in [4.69, 9.17) is 0 Å². The Morgan fingerprint density at radius 2 is 1.48 bits per heavy atom. The van der Waals surface area contributed by atoms with E-state index in [2.05, 4.69) is 36.4 Å². The number of carbonyl (C=O) groups excluding carboxylic acids is 1. The number of fused-ring (bicyclic) bond motifs is 1. The van der Waals surface area contributed by atoms with Crippen LogP contribution in [0.2, 0.25) is 0 Å². The number of carbonyl (C=O) groups is 1. The lowest BCUT2D eigenvalue weighted by Gasteiger charge is -2.15. The topological polar surface area (TPSA) is 20.3 Å². The van der Waals surface area contributed by atoms with Crippen molar-refractivity contribution in [3.8, 4) is 11.1 Å². The lowest BCUT2D eigenvalue weighted by atomic mass is 10.0. The third-order valence-electron chi connectivity index (χ3n) is 4.31. The molecule has 0 unspecified atom stereocenters. The fourth-order valence-corrected chi connectivity index (χ4v) is 3.10. The van der Waals surface area contributed by atoms with E-state index in [1.165, 1.54) is 0 Å². The van der Waals surface area contributed by atoms with Crippen LogP contribution in [0.3, 0.4) is 0 Å². The molecule has 112 valence electrons. The highest BCUT2D eigenvalue weighted by Gasteiger charge is 2.27. The smallest absolute Gasteiger partial charge is 0.254 e. The standard InChI is InChI=1S/C21H17NO/c23-21-20-13-18(17-9-5-2-6-10-17)11-12-19(20)15-22(21)14-16-7-3-1-4-8-16/h1-13H,14-15H2. The molecule has 0 N–H and O–H groups in total. The normalized spacial score (nSPS) is 13.2. The third-order valence-corrected chi connectivity index (χ3v) is 4.31. The first kappa shape index (κ1) is 13.8. The first-order chi connectivity index (χ1) is 11.3. The summed E-state index contributed by atoms with van der Waals surface area (Å²) in [7, 11) is 0. The quantitative estimate of drug-likeness (QED) is 0.697. The minimum atomic E-state index is 0.127. The average molecular weight is 299 g/mol. The Hall–Kier alpha value is -2.87. The van der Waals surface area contributed by atoms with Crippen LogP contribution in [0.5, 0.6) is 0 Å². The molecule has 4 rings (SSSR count). The molecule has 2 heteroatoms. The number of hydrogen-bond donors (Lipinski definition) is 0. The Morgan fingerprint density at radius 1 is 0.783 bits per heavy atom. The summed E-state index contributed by atoms with van der Waals surface area (Å²) < 4.78 is 0. The second kappa shape index (κ2) is 5.73. The Kier molecular flexibility index (Phi) is 3.43. The number of amides is 1. The molecule has 3 aromatic carbocycles. The zero-order valence-corrected chi connectivity index (χ0v) is 12.8. The van der Waals surface area contributed by atoms with Gasteiger partial charge in [-0.1, -0.05) is 72.8 Å². The molecule has 1 amide bonds. The summed E-state index contributed by atoms with van der Waals surface area (Å²) in [6.07, 6.45) is 0. The monoisotopic (exact) mass is 299 g/mol. The second-order valence-electron chi connectivity index (χ2n) is 5.88. The largest absolute Gasteiger partial charge is 0.330 e. The molecule has 0 saturated heterocycles. The Morgan fingerprint density at radius 3 is 2.22 bits per heavy atom. The van der Waals surface area contributed by atoms with Gasteiger partial charge in [-0.05, 0) is 28.3 Å². The maximum absolute atomic E-state index is 12.7. The second-order valence-corrected chi connectivity index (χ2v) is 5.88. The van der Waals surface area contributed by atoms with Crippen LogP contribution in [0.15, 0.2) is 78.9 Å². The van der Waals surface area contributed by atoms with Gasteiger partial charge in [-0.3, -0.25) is 4.79 Å². The molecule has 1 aliphatic rings. The van der Waals surface area contributed by atoms with Gasteiger partial charge in [0.1, 0.15) is 0 Å². The molecule has 23 heavy (non-hydrogen) atoms. The molecule has 0 fully saturated rings. The van der Waals surface area contributed by atoms with Crippen molar-refractivity contribution in [3.63, 3.8) is 0 Å². The molecule has 0 saturated carbocycles. The van der Waals surface area contributed by atoms with Crippen molar-refractivity contribution in [1.82, 2.24) is 4.90 Å². The van der Waals surface area contributed by atoms with Gasteiger partial charge in [-0.2, -0.15) is 0 Å². The Labute approximate surface area is 136 Å². The molecule has 0 aliphatic carbocycles. The van der Waals surface area contributed by atoms with Crippen LogP contribution in [0, 0.1) is 0 Å². The van der Waals surface area contributed by atoms with Crippen LogP contribution in [0.4, 0.5) is 0 Å². The van der Waals surface area contributed by atoms with E-state index >= 15 is 0 Å². The average Bonchev–Trinajstić information content (AvgIpc) is 2.92. The lowest BCUT2D eigenvalue weighted by Crippen LogP contribution is -2.23. The van der Waals surface area contributed by atoms with Crippen LogP contribution >= 0.6 is 0 Å². The summed E-state index contributed by atoms with van der Waals surface area (Å²) in [6, 6.07) is 26.5. The maximum atomic E-state index is 12.7. The van der Waals surface area contributed by atoms with Crippen LogP contribution in [-0.4, -0.2) is 10.8 Å². The number of hydrogen-bond acceptors (Lipinski definition) is 1. The first-order valence-electron chi connectivity index (χ1n) is 7.83. The van der Waals surface area contributed by atoms with Gasteiger partial charge in [0.05, 0.1) is 0 Å². The summed E-state index contributed by atoms with van der Waals surface area (Å²) in [6.45, 7) is 1.35. The molecular weight excluding hydrogens is 282 g/mol. The summed E-state index contributed by atoms with van der Waals surface area (Å²) in [5.74, 6) is 0.127. The third kappa shape index (κ3) is 2.64. The molecule has 0 radical (unpaired) electrons. The predicted octanol–water partition coefficient (Wildman–Crippen LogP) is 4.51. The van der Waals surface area contributed by atoms with Gasteiger partial charge in [-0.15, -0.1) is 0 Å². The van der Waals surface area contributed by atoms with Gasteiger partial charge in [0.2, 0.25) is 0 Å². The van der Waals surface area contributed by atoms with E-state index in [1.807, 2.05) is 47.4 Å². The van der Waals surface area contributed by atoms with Gasteiger partial charge >= 0.3 is 0 Å². The van der Waals surface area contributed by atoms with Gasteiger partial charge in [0, 0.05) is 18.7 Å². The molecule has 1 aliphatic heterocycles. The van der Waals surface area contributed by atoms with Crippen LogP contribution in [0.25, 0.3) is 11.1 Å². The van der Waals surface area contributed by atoms with E-state index in [0.717, 1.165) is 27.8 Å². The molecule has 2 nitrogen and oxygen atoms in total. The van der Waals surface area contributed by atoms with Crippen molar-refractivity contribution in [2.24, 2.45) is 0 Å². The maximum Gasteiger partial charge on any atom is 0.254 e. The zero-order valence-electron chi connectivity index (χ0n) is 12.8. The molecular formula is C21H17NO. The molecule has 0 spiro atoms. The highest BCUT2D eigenvalue weighted by atomic mass is 16.2. The summed E-state index contributed by atoms with van der Waals surface area (Å²) in [4.78, 5) is 14.6. The van der Waals surface area contributed by atoms with E-state index < -0.39 is 0 Å². The van der Waals surface area contributed by atoms with Crippen LogP contribution in [-0.2, 0) is 13.1 Å². The van der Waals surface area contributed by atoms with Gasteiger partial charge in [0.15, 0.2) is 0 Å². The minimum Gasteiger partial charge on any atom is -0.330 e. The first-order valence-corrected chi connectivity index (χ1v) is 7.83. The van der Waals surface area contributed by atoms with Crippen molar-refractivity contribution >= 4 is 5.91 Å². The van der Waals surface area contributed by atoms with Gasteiger partial charge in [0.25, 0.3) is 5.91 Å². The van der Waals surface area contributed by atoms with Gasteiger partial charge in [-0.25, -0.2) is 0 Å². The van der Waals surface area contributed by atoms with E-state index in [0.29, 0.717) is 13.1 Å². The van der Waals surface area contributed by atoms with Crippen molar-refractivity contribution in [2.75, 3.05) is 0 Å². The van der Waals surface area contributed by atoms with Crippen molar-refractivity contribution < 1.29 is 4.79 Å². The highest BCUT2D eigenvalue weighted by molar-refractivity contribution is 5.99. The van der Waals surface area contributed by atoms with E-state index in [-0.39, 0.29) is 5.91 Å². The fourth-order valence-electron chi connectivity index (χ4n) is 3.10. The molecule has 0 aromatic heterocycles. The predicted molar refractivity (Wildman–Crippen MR) is 91.9 cm³/mol. The van der Waals surface area contributed by atoms with E-state index in [9.17, 15) is 4.79 Å². The van der Waals surface area contributed by atoms with Crippen molar-refractivity contribution in [3.05, 3.63) is 95.6 Å². The number of benzene rings is 3.